The summed E-state index contributed by atoms with van der Waals surface area (Å²) in [6, 6.07) is 0.0940. The van der Waals surface area contributed by atoms with E-state index in [0.29, 0.717) is 22.2 Å². The standard InChI is InChI=1S/C14H24N4O2S/c1-10-14(11(2)16(3)15-10)21(19,20)17(4)13-9-18-7-5-12(13)6-8-18/h12-13H,5-9H2,1-4H3/t13-/m1/s1. The number of aryl methyl sites for hydroxylation is 2. The number of rotatable bonds is 3. The van der Waals surface area contributed by atoms with Crippen molar-refractivity contribution in [3.05, 3.63) is 11.4 Å². The quantitative estimate of drug-likeness (QED) is 0.826. The third kappa shape index (κ3) is 2.31. The van der Waals surface area contributed by atoms with E-state index in [2.05, 4.69) is 10.00 Å². The Bertz CT molecular complexity index is 644. The summed E-state index contributed by atoms with van der Waals surface area (Å²) in [4.78, 5) is 2.75. The van der Waals surface area contributed by atoms with Crippen molar-refractivity contribution in [3.8, 4) is 0 Å². The molecule has 3 saturated heterocycles. The van der Waals surface area contributed by atoms with Gasteiger partial charge in [0.25, 0.3) is 0 Å². The number of aromatic nitrogens is 2. The Morgan fingerprint density at radius 3 is 2.29 bits per heavy atom. The molecule has 0 amide bonds. The summed E-state index contributed by atoms with van der Waals surface area (Å²) < 4.78 is 29.3. The lowest BCUT2D eigenvalue weighted by molar-refractivity contribution is 0.0465. The molecular weight excluding hydrogens is 288 g/mol. The molecule has 6 nitrogen and oxygen atoms in total. The maximum absolute atomic E-state index is 13.0. The van der Waals surface area contributed by atoms with Gasteiger partial charge in [-0.2, -0.15) is 9.40 Å². The van der Waals surface area contributed by atoms with Crippen LogP contribution in [0.5, 0.6) is 0 Å². The van der Waals surface area contributed by atoms with Gasteiger partial charge in [0.05, 0.1) is 11.4 Å². The lowest BCUT2D eigenvalue weighted by atomic mass is 9.84. The number of piperidine rings is 3. The first-order valence-electron chi connectivity index (χ1n) is 7.53. The van der Waals surface area contributed by atoms with Crippen LogP contribution in [0.4, 0.5) is 0 Å². The van der Waals surface area contributed by atoms with Gasteiger partial charge in [-0.05, 0) is 45.7 Å². The molecule has 0 saturated carbocycles. The van der Waals surface area contributed by atoms with Crippen LogP contribution in [0.3, 0.4) is 0 Å². The van der Waals surface area contributed by atoms with Crippen LogP contribution >= 0.6 is 0 Å². The van der Waals surface area contributed by atoms with Gasteiger partial charge >= 0.3 is 0 Å². The summed E-state index contributed by atoms with van der Waals surface area (Å²) >= 11 is 0. The molecule has 1 aromatic heterocycles. The molecule has 2 bridgehead atoms. The zero-order valence-electron chi connectivity index (χ0n) is 13.2. The Balaban J connectivity index is 1.94. The van der Waals surface area contributed by atoms with Crippen LogP contribution in [0.1, 0.15) is 24.2 Å². The summed E-state index contributed by atoms with van der Waals surface area (Å²) in [5, 5.41) is 4.25. The number of sulfonamides is 1. The van der Waals surface area contributed by atoms with Crippen molar-refractivity contribution in [1.29, 1.82) is 0 Å². The van der Waals surface area contributed by atoms with Gasteiger partial charge in [-0.15, -0.1) is 0 Å². The molecule has 4 heterocycles. The predicted molar refractivity (Wildman–Crippen MR) is 80.6 cm³/mol. The third-order valence-electron chi connectivity index (χ3n) is 5.17. The molecule has 3 fully saturated rings. The van der Waals surface area contributed by atoms with Gasteiger partial charge in [0.1, 0.15) is 4.90 Å². The van der Waals surface area contributed by atoms with E-state index in [1.54, 1.807) is 30.0 Å². The summed E-state index contributed by atoms with van der Waals surface area (Å²) in [6.45, 7) is 6.67. The van der Waals surface area contributed by atoms with Crippen molar-refractivity contribution < 1.29 is 8.42 Å². The maximum atomic E-state index is 13.0. The molecule has 4 rings (SSSR count). The van der Waals surface area contributed by atoms with Gasteiger partial charge in [-0.25, -0.2) is 8.42 Å². The minimum Gasteiger partial charge on any atom is -0.302 e. The highest BCUT2D eigenvalue weighted by molar-refractivity contribution is 7.89. The molecule has 0 aliphatic carbocycles. The molecule has 0 N–H and O–H groups in total. The summed E-state index contributed by atoms with van der Waals surface area (Å²) in [5.74, 6) is 0.493. The van der Waals surface area contributed by atoms with E-state index in [4.69, 9.17) is 0 Å². The zero-order valence-corrected chi connectivity index (χ0v) is 14.0. The molecule has 1 aromatic rings. The largest absolute Gasteiger partial charge is 0.302 e. The predicted octanol–water partition coefficient (Wildman–Crippen LogP) is 0.752. The van der Waals surface area contributed by atoms with Crippen molar-refractivity contribution >= 4 is 10.0 Å². The Morgan fingerprint density at radius 1 is 1.24 bits per heavy atom. The van der Waals surface area contributed by atoms with Crippen molar-refractivity contribution in [2.24, 2.45) is 13.0 Å². The van der Waals surface area contributed by atoms with E-state index < -0.39 is 10.0 Å². The highest BCUT2D eigenvalue weighted by Crippen LogP contribution is 2.33. The van der Waals surface area contributed by atoms with Crippen LogP contribution in [0.2, 0.25) is 0 Å². The number of hydrogen-bond acceptors (Lipinski definition) is 4. The molecule has 1 atom stereocenters. The fourth-order valence-corrected chi connectivity index (χ4v) is 5.60. The topological polar surface area (TPSA) is 58.4 Å². The van der Waals surface area contributed by atoms with E-state index in [1.807, 2.05) is 6.92 Å². The lowest BCUT2D eigenvalue weighted by Crippen LogP contribution is -2.57. The molecule has 118 valence electrons. The van der Waals surface area contributed by atoms with E-state index >= 15 is 0 Å². The maximum Gasteiger partial charge on any atom is 0.246 e. The monoisotopic (exact) mass is 312 g/mol. The number of nitrogens with zero attached hydrogens (tertiary/aromatic N) is 4. The molecule has 0 spiro atoms. The highest BCUT2D eigenvalue weighted by atomic mass is 32.2. The number of likely N-dealkylation sites (N-methyl/N-ethyl adjacent to an activating group) is 1. The minimum absolute atomic E-state index is 0.0940. The average Bonchev–Trinajstić information content (AvgIpc) is 2.72. The first kappa shape index (κ1) is 15.0. The molecule has 0 radical (unpaired) electrons. The van der Waals surface area contributed by atoms with Crippen LogP contribution in [0.15, 0.2) is 4.90 Å². The van der Waals surface area contributed by atoms with Crippen molar-refractivity contribution in [3.63, 3.8) is 0 Å². The van der Waals surface area contributed by atoms with Gasteiger partial charge in [0.15, 0.2) is 0 Å². The van der Waals surface area contributed by atoms with E-state index in [9.17, 15) is 8.42 Å². The van der Waals surface area contributed by atoms with Gasteiger partial charge in [0, 0.05) is 26.7 Å². The summed E-state index contributed by atoms with van der Waals surface area (Å²) in [6.07, 6.45) is 2.21. The summed E-state index contributed by atoms with van der Waals surface area (Å²) in [5.41, 5.74) is 1.30. The van der Waals surface area contributed by atoms with E-state index in [0.717, 1.165) is 32.5 Å². The molecule has 7 heteroatoms. The average molecular weight is 312 g/mol. The van der Waals surface area contributed by atoms with Crippen LogP contribution in [0.25, 0.3) is 0 Å². The van der Waals surface area contributed by atoms with E-state index in [-0.39, 0.29) is 6.04 Å². The Hall–Kier alpha value is -0.920. The normalized spacial score (nSPS) is 29.3. The van der Waals surface area contributed by atoms with Gasteiger partial charge in [-0.1, -0.05) is 0 Å². The second kappa shape index (κ2) is 5.07. The lowest BCUT2D eigenvalue weighted by Gasteiger charge is -2.47. The minimum atomic E-state index is -3.48. The van der Waals surface area contributed by atoms with Crippen molar-refractivity contribution in [2.75, 3.05) is 26.7 Å². The second-order valence-electron chi connectivity index (χ2n) is 6.35. The number of hydrogen-bond donors (Lipinski definition) is 0. The van der Waals surface area contributed by atoms with Crippen molar-refractivity contribution in [1.82, 2.24) is 19.0 Å². The first-order chi connectivity index (χ1) is 9.82. The fraction of sp³-hybridized carbons (Fsp3) is 0.786. The van der Waals surface area contributed by atoms with Crippen LogP contribution < -0.4 is 0 Å². The first-order valence-corrected chi connectivity index (χ1v) is 8.97. The van der Waals surface area contributed by atoms with Crippen LogP contribution in [-0.2, 0) is 17.1 Å². The second-order valence-corrected chi connectivity index (χ2v) is 8.28. The number of fused-ring (bicyclic) bond motifs is 3. The SMILES string of the molecule is Cc1nn(C)c(C)c1S(=O)(=O)N(C)[C@@H]1CN2CCC1CC2. The zero-order chi connectivity index (χ0) is 15.4. The highest BCUT2D eigenvalue weighted by Gasteiger charge is 2.41. The molecule has 3 aliphatic rings. The van der Waals surface area contributed by atoms with Gasteiger partial charge in [-0.3, -0.25) is 4.68 Å². The Kier molecular flexibility index (Phi) is 3.62. The van der Waals surface area contributed by atoms with Crippen LogP contribution in [0, 0.1) is 19.8 Å². The molecular formula is C14H24N4O2S. The third-order valence-corrected chi connectivity index (χ3v) is 7.30. The summed E-state index contributed by atoms with van der Waals surface area (Å²) in [7, 11) is 0.0389. The van der Waals surface area contributed by atoms with Crippen molar-refractivity contribution in [2.45, 2.75) is 37.6 Å². The molecule has 0 aromatic carbocycles. The smallest absolute Gasteiger partial charge is 0.246 e. The Morgan fingerprint density at radius 2 is 1.86 bits per heavy atom. The molecule has 3 aliphatic heterocycles. The Labute approximate surface area is 126 Å². The van der Waals surface area contributed by atoms with E-state index in [1.165, 1.54) is 0 Å². The van der Waals surface area contributed by atoms with Gasteiger partial charge < -0.3 is 4.90 Å². The van der Waals surface area contributed by atoms with Crippen LogP contribution in [-0.4, -0.2) is 60.1 Å². The molecule has 21 heavy (non-hydrogen) atoms. The molecule has 0 unspecified atom stereocenters. The van der Waals surface area contributed by atoms with Gasteiger partial charge in [0.2, 0.25) is 10.0 Å². The fourth-order valence-electron chi connectivity index (χ4n) is 3.80.